The molecule has 5 heteroatoms. The third kappa shape index (κ3) is 1.78. The molecule has 1 aromatic rings. The monoisotopic (exact) mass is 177 g/mol. The van der Waals surface area contributed by atoms with Crippen LogP contribution in [0.15, 0.2) is 12.7 Å². The molecule has 0 aliphatic rings. The number of hydrogen-bond donors (Lipinski definition) is 0. The summed E-state index contributed by atoms with van der Waals surface area (Å²) in [6.45, 7) is 1.60. The van der Waals surface area contributed by atoms with Crippen molar-refractivity contribution in [3.05, 3.63) is 18.5 Å². The standard InChI is InChI=1S/C5H5Cl2N3/c1-5(6,7)4-9-2-8-3-10-4/h2-3H,1H3. The van der Waals surface area contributed by atoms with Crippen LogP contribution < -0.4 is 0 Å². The normalized spacial score (nSPS) is 11.5. The zero-order chi connectivity index (χ0) is 7.61. The Kier molecular flexibility index (Phi) is 2.06. The first kappa shape index (κ1) is 7.69. The lowest BCUT2D eigenvalue weighted by Gasteiger charge is -2.08. The van der Waals surface area contributed by atoms with Crippen LogP contribution in [0.1, 0.15) is 12.7 Å². The van der Waals surface area contributed by atoms with Crippen molar-refractivity contribution in [3.8, 4) is 0 Å². The van der Waals surface area contributed by atoms with Crippen molar-refractivity contribution < 1.29 is 0 Å². The van der Waals surface area contributed by atoms with Crippen LogP contribution in [-0.4, -0.2) is 15.0 Å². The molecule has 1 aromatic heterocycles. The first-order chi connectivity index (χ1) is 4.61. The highest BCUT2D eigenvalue weighted by molar-refractivity contribution is 6.47. The van der Waals surface area contributed by atoms with E-state index in [1.54, 1.807) is 6.92 Å². The molecule has 0 aliphatic heterocycles. The fourth-order valence-electron chi connectivity index (χ4n) is 0.466. The molecular formula is C5H5Cl2N3. The van der Waals surface area contributed by atoms with Gasteiger partial charge in [0.15, 0.2) is 10.2 Å². The Hall–Kier alpha value is -0.410. The molecular weight excluding hydrogens is 173 g/mol. The minimum atomic E-state index is -1.02. The van der Waals surface area contributed by atoms with Gasteiger partial charge in [-0.1, -0.05) is 23.2 Å². The molecule has 3 nitrogen and oxygen atoms in total. The van der Waals surface area contributed by atoms with E-state index >= 15 is 0 Å². The number of hydrogen-bond acceptors (Lipinski definition) is 3. The van der Waals surface area contributed by atoms with Gasteiger partial charge in [-0.3, -0.25) is 0 Å². The quantitative estimate of drug-likeness (QED) is 0.612. The molecule has 0 bridgehead atoms. The van der Waals surface area contributed by atoms with E-state index in [4.69, 9.17) is 23.2 Å². The van der Waals surface area contributed by atoms with Crippen molar-refractivity contribution in [3.63, 3.8) is 0 Å². The summed E-state index contributed by atoms with van der Waals surface area (Å²) in [5.41, 5.74) is 0. The Balaban J connectivity index is 2.97. The van der Waals surface area contributed by atoms with Crippen LogP contribution in [0.25, 0.3) is 0 Å². The number of rotatable bonds is 1. The summed E-state index contributed by atoms with van der Waals surface area (Å²) >= 11 is 11.3. The molecule has 0 aliphatic carbocycles. The Bertz CT molecular complexity index is 206. The lowest BCUT2D eigenvalue weighted by molar-refractivity contribution is 0.819. The van der Waals surface area contributed by atoms with Gasteiger partial charge in [-0.2, -0.15) is 0 Å². The summed E-state index contributed by atoms with van der Waals surface area (Å²) < 4.78 is -1.02. The van der Waals surface area contributed by atoms with Crippen LogP contribution >= 0.6 is 23.2 Å². The van der Waals surface area contributed by atoms with Gasteiger partial charge in [0.2, 0.25) is 0 Å². The van der Waals surface area contributed by atoms with E-state index in [1.165, 1.54) is 12.7 Å². The highest BCUT2D eigenvalue weighted by Crippen LogP contribution is 2.28. The second kappa shape index (κ2) is 2.68. The Morgan fingerprint density at radius 2 is 1.80 bits per heavy atom. The first-order valence-corrected chi connectivity index (χ1v) is 3.36. The molecule has 0 atom stereocenters. The fraction of sp³-hybridized carbons (Fsp3) is 0.400. The molecule has 0 unspecified atom stereocenters. The van der Waals surface area contributed by atoms with Crippen LogP contribution in [0.2, 0.25) is 0 Å². The second-order valence-corrected chi connectivity index (χ2v) is 3.56. The van der Waals surface area contributed by atoms with Crippen LogP contribution in [-0.2, 0) is 4.33 Å². The van der Waals surface area contributed by atoms with E-state index in [-0.39, 0.29) is 0 Å². The summed E-state index contributed by atoms with van der Waals surface area (Å²) in [5.74, 6) is 0.367. The SMILES string of the molecule is CC(Cl)(Cl)c1ncncn1. The summed E-state index contributed by atoms with van der Waals surface area (Å²) in [6, 6.07) is 0. The van der Waals surface area contributed by atoms with E-state index in [2.05, 4.69) is 15.0 Å². The molecule has 10 heavy (non-hydrogen) atoms. The van der Waals surface area contributed by atoms with E-state index in [0.717, 1.165) is 0 Å². The Labute approximate surface area is 68.4 Å². The maximum Gasteiger partial charge on any atom is 0.174 e. The third-order valence-corrected chi connectivity index (χ3v) is 1.22. The predicted octanol–water partition coefficient (Wildman–Crippen LogP) is 1.52. The van der Waals surface area contributed by atoms with Gasteiger partial charge < -0.3 is 0 Å². The van der Waals surface area contributed by atoms with Gasteiger partial charge in [0.05, 0.1) is 0 Å². The maximum atomic E-state index is 5.67. The predicted molar refractivity (Wildman–Crippen MR) is 38.9 cm³/mol. The molecule has 0 amide bonds. The third-order valence-electron chi connectivity index (χ3n) is 0.886. The van der Waals surface area contributed by atoms with Gasteiger partial charge in [-0.25, -0.2) is 15.0 Å². The summed E-state index contributed by atoms with van der Waals surface area (Å²) in [4.78, 5) is 11.1. The van der Waals surface area contributed by atoms with Crippen LogP contribution in [0.4, 0.5) is 0 Å². The fourth-order valence-corrected chi connectivity index (χ4v) is 0.661. The Morgan fingerprint density at radius 1 is 1.30 bits per heavy atom. The van der Waals surface area contributed by atoms with Crippen LogP contribution in [0.3, 0.4) is 0 Å². The molecule has 0 aromatic carbocycles. The molecule has 1 rings (SSSR count). The van der Waals surface area contributed by atoms with Crippen molar-refractivity contribution in [1.29, 1.82) is 0 Å². The molecule has 0 N–H and O–H groups in total. The van der Waals surface area contributed by atoms with Gasteiger partial charge in [0.25, 0.3) is 0 Å². The minimum Gasteiger partial charge on any atom is -0.225 e. The first-order valence-electron chi connectivity index (χ1n) is 2.61. The Morgan fingerprint density at radius 3 is 2.10 bits per heavy atom. The number of halogens is 2. The lowest BCUT2D eigenvalue weighted by Crippen LogP contribution is -2.09. The maximum absolute atomic E-state index is 5.67. The lowest BCUT2D eigenvalue weighted by atomic mass is 10.4. The number of alkyl halides is 2. The van der Waals surface area contributed by atoms with Gasteiger partial charge in [-0.05, 0) is 6.92 Å². The molecule has 1 heterocycles. The molecule has 0 saturated carbocycles. The summed E-state index contributed by atoms with van der Waals surface area (Å²) in [7, 11) is 0. The van der Waals surface area contributed by atoms with Crippen molar-refractivity contribution in [2.45, 2.75) is 11.3 Å². The van der Waals surface area contributed by atoms with E-state index in [0.29, 0.717) is 5.82 Å². The largest absolute Gasteiger partial charge is 0.225 e. The zero-order valence-electron chi connectivity index (χ0n) is 5.25. The molecule has 54 valence electrons. The van der Waals surface area contributed by atoms with Gasteiger partial charge >= 0.3 is 0 Å². The smallest absolute Gasteiger partial charge is 0.174 e. The van der Waals surface area contributed by atoms with E-state index in [9.17, 15) is 0 Å². The van der Waals surface area contributed by atoms with Crippen molar-refractivity contribution in [2.24, 2.45) is 0 Å². The molecule has 0 radical (unpaired) electrons. The number of aromatic nitrogens is 3. The molecule has 0 saturated heterocycles. The topological polar surface area (TPSA) is 38.7 Å². The van der Waals surface area contributed by atoms with Crippen molar-refractivity contribution in [2.75, 3.05) is 0 Å². The van der Waals surface area contributed by atoms with Crippen molar-refractivity contribution in [1.82, 2.24) is 15.0 Å². The highest BCUT2D eigenvalue weighted by atomic mass is 35.5. The van der Waals surface area contributed by atoms with Crippen LogP contribution in [0, 0.1) is 0 Å². The van der Waals surface area contributed by atoms with E-state index in [1.807, 2.05) is 0 Å². The van der Waals surface area contributed by atoms with Gasteiger partial charge in [-0.15, -0.1) is 0 Å². The molecule has 0 spiro atoms. The molecule has 0 fully saturated rings. The van der Waals surface area contributed by atoms with E-state index < -0.39 is 4.33 Å². The average molecular weight is 178 g/mol. The minimum absolute atomic E-state index is 0.367. The second-order valence-electron chi connectivity index (χ2n) is 1.85. The van der Waals surface area contributed by atoms with Gasteiger partial charge in [0, 0.05) is 0 Å². The van der Waals surface area contributed by atoms with Crippen LogP contribution in [0.5, 0.6) is 0 Å². The average Bonchev–Trinajstić information content (AvgIpc) is 1.88. The number of nitrogens with zero attached hydrogens (tertiary/aromatic N) is 3. The zero-order valence-corrected chi connectivity index (χ0v) is 6.76. The highest BCUT2D eigenvalue weighted by Gasteiger charge is 2.22. The summed E-state index contributed by atoms with van der Waals surface area (Å²) in [5, 5.41) is 0. The van der Waals surface area contributed by atoms with Crippen molar-refractivity contribution >= 4 is 23.2 Å². The summed E-state index contributed by atoms with van der Waals surface area (Å²) in [6.07, 6.45) is 2.71. The van der Waals surface area contributed by atoms with Gasteiger partial charge in [0.1, 0.15) is 12.7 Å².